The second-order valence-corrected chi connectivity index (χ2v) is 7.92. The van der Waals surface area contributed by atoms with E-state index >= 15 is 0 Å². The van der Waals surface area contributed by atoms with E-state index in [4.69, 9.17) is 25.8 Å². The zero-order chi connectivity index (χ0) is 21.3. The largest absolute Gasteiger partial charge is 0.481 e. The van der Waals surface area contributed by atoms with E-state index in [0.29, 0.717) is 22.6 Å². The molecule has 0 fully saturated rings. The maximum absolute atomic E-state index is 14.0. The van der Waals surface area contributed by atoms with Gasteiger partial charge in [-0.15, -0.1) is 0 Å². The molecule has 1 heterocycles. The molecule has 0 aliphatic carbocycles. The summed E-state index contributed by atoms with van der Waals surface area (Å²) >= 11 is 6.02. The van der Waals surface area contributed by atoms with Gasteiger partial charge in [-0.1, -0.05) is 17.7 Å². The normalized spacial score (nSPS) is 14.6. The van der Waals surface area contributed by atoms with Gasteiger partial charge in [-0.25, -0.2) is 9.18 Å². The average Bonchev–Trinajstić information content (AvgIpc) is 2.93. The fourth-order valence-electron chi connectivity index (χ4n) is 2.81. The summed E-state index contributed by atoms with van der Waals surface area (Å²) in [5.41, 5.74) is 0.328. The van der Waals surface area contributed by atoms with Crippen LogP contribution in [0, 0.1) is 12.7 Å². The second kappa shape index (κ2) is 7.87. The van der Waals surface area contributed by atoms with Crippen LogP contribution in [0.25, 0.3) is 6.08 Å². The van der Waals surface area contributed by atoms with Crippen molar-refractivity contribution < 1.29 is 28.2 Å². The maximum Gasteiger partial charge on any atom is 0.344 e. The van der Waals surface area contributed by atoms with Crippen molar-refractivity contribution in [3.05, 3.63) is 63.6 Å². The third kappa shape index (κ3) is 4.59. The SMILES string of the molecule is Cc1c(OCC(=O)OC(C)(C)C)ccc2c1O/C(=C\c1c(F)cccc1Cl)C2=O. The van der Waals surface area contributed by atoms with E-state index in [1.807, 2.05) is 0 Å². The van der Waals surface area contributed by atoms with E-state index in [1.165, 1.54) is 24.3 Å². The molecule has 0 radical (unpaired) electrons. The van der Waals surface area contributed by atoms with Crippen molar-refractivity contribution in [1.29, 1.82) is 0 Å². The topological polar surface area (TPSA) is 61.8 Å². The minimum Gasteiger partial charge on any atom is -0.481 e. The van der Waals surface area contributed by atoms with Crippen LogP contribution in [-0.4, -0.2) is 24.0 Å². The third-order valence-electron chi connectivity index (χ3n) is 4.08. The molecule has 152 valence electrons. The molecule has 0 saturated carbocycles. The summed E-state index contributed by atoms with van der Waals surface area (Å²) < 4.78 is 30.5. The van der Waals surface area contributed by atoms with Gasteiger partial charge in [-0.2, -0.15) is 0 Å². The third-order valence-corrected chi connectivity index (χ3v) is 4.41. The van der Waals surface area contributed by atoms with Crippen molar-refractivity contribution in [2.24, 2.45) is 0 Å². The molecule has 0 aromatic heterocycles. The zero-order valence-corrected chi connectivity index (χ0v) is 17.2. The smallest absolute Gasteiger partial charge is 0.344 e. The Hall–Kier alpha value is -2.86. The molecule has 0 amide bonds. The Labute approximate surface area is 173 Å². The van der Waals surface area contributed by atoms with Crippen LogP contribution in [0.5, 0.6) is 11.5 Å². The van der Waals surface area contributed by atoms with Crippen LogP contribution >= 0.6 is 11.6 Å². The van der Waals surface area contributed by atoms with E-state index in [1.54, 1.807) is 39.8 Å². The van der Waals surface area contributed by atoms with E-state index in [0.717, 1.165) is 0 Å². The number of hydrogen-bond donors (Lipinski definition) is 0. The Balaban J connectivity index is 1.83. The van der Waals surface area contributed by atoms with Gasteiger partial charge < -0.3 is 14.2 Å². The number of esters is 1. The summed E-state index contributed by atoms with van der Waals surface area (Å²) in [5.74, 6) is -0.817. The Morgan fingerprint density at radius 3 is 2.62 bits per heavy atom. The molecule has 3 rings (SSSR count). The summed E-state index contributed by atoms with van der Waals surface area (Å²) in [7, 11) is 0. The molecule has 1 aliphatic heterocycles. The van der Waals surface area contributed by atoms with Gasteiger partial charge in [-0.3, -0.25) is 4.79 Å². The molecular formula is C22H20ClFO5. The summed E-state index contributed by atoms with van der Waals surface area (Å²) in [6.07, 6.45) is 1.28. The lowest BCUT2D eigenvalue weighted by Gasteiger charge is -2.19. The Morgan fingerprint density at radius 2 is 1.97 bits per heavy atom. The molecule has 0 bridgehead atoms. The number of carbonyl (C=O) groups is 2. The van der Waals surface area contributed by atoms with Gasteiger partial charge in [-0.05, 0) is 58.0 Å². The molecule has 2 aromatic rings. The molecule has 0 unspecified atom stereocenters. The van der Waals surface area contributed by atoms with Gasteiger partial charge in [0, 0.05) is 11.1 Å². The standard InChI is InChI=1S/C22H20ClFO5/c1-12-17(27-11-19(25)29-22(2,3)4)9-8-13-20(26)18(28-21(12)13)10-14-15(23)6-5-7-16(14)24/h5-10H,11H2,1-4H3/b18-10-. The average molecular weight is 419 g/mol. The number of Topliss-reactive ketones (excluding diaryl/α,β-unsaturated/α-hetero) is 1. The van der Waals surface area contributed by atoms with Crippen LogP contribution in [0.15, 0.2) is 36.1 Å². The van der Waals surface area contributed by atoms with Crippen LogP contribution in [0.1, 0.15) is 42.3 Å². The van der Waals surface area contributed by atoms with E-state index in [-0.39, 0.29) is 28.7 Å². The van der Waals surface area contributed by atoms with E-state index in [9.17, 15) is 14.0 Å². The fourth-order valence-corrected chi connectivity index (χ4v) is 3.03. The highest BCUT2D eigenvalue weighted by molar-refractivity contribution is 6.32. The molecule has 0 N–H and O–H groups in total. The van der Waals surface area contributed by atoms with Crippen molar-refractivity contribution in [3.8, 4) is 11.5 Å². The second-order valence-electron chi connectivity index (χ2n) is 7.52. The quantitative estimate of drug-likeness (QED) is 0.509. The van der Waals surface area contributed by atoms with Gasteiger partial charge in [0.1, 0.15) is 22.9 Å². The number of hydrogen-bond acceptors (Lipinski definition) is 5. The predicted octanol–water partition coefficient (Wildman–Crippen LogP) is 5.12. The van der Waals surface area contributed by atoms with Crippen LogP contribution in [-0.2, 0) is 9.53 Å². The van der Waals surface area contributed by atoms with Crippen LogP contribution in [0.3, 0.4) is 0 Å². The van der Waals surface area contributed by atoms with Crippen LogP contribution in [0.4, 0.5) is 4.39 Å². The monoisotopic (exact) mass is 418 g/mol. The Kier molecular flexibility index (Phi) is 5.66. The van der Waals surface area contributed by atoms with Crippen molar-refractivity contribution in [1.82, 2.24) is 0 Å². The van der Waals surface area contributed by atoms with Gasteiger partial charge >= 0.3 is 5.97 Å². The lowest BCUT2D eigenvalue weighted by Crippen LogP contribution is -2.27. The number of fused-ring (bicyclic) bond motifs is 1. The first-order valence-electron chi connectivity index (χ1n) is 8.93. The first kappa shape index (κ1) is 20.9. The highest BCUT2D eigenvalue weighted by atomic mass is 35.5. The molecule has 5 nitrogen and oxygen atoms in total. The van der Waals surface area contributed by atoms with Gasteiger partial charge in [0.2, 0.25) is 5.78 Å². The Morgan fingerprint density at radius 1 is 1.24 bits per heavy atom. The van der Waals surface area contributed by atoms with Crippen molar-refractivity contribution >= 4 is 29.4 Å². The molecule has 0 spiro atoms. The number of benzene rings is 2. The summed E-state index contributed by atoms with van der Waals surface area (Å²) in [4.78, 5) is 24.5. The maximum atomic E-state index is 14.0. The van der Waals surface area contributed by atoms with E-state index < -0.39 is 17.4 Å². The van der Waals surface area contributed by atoms with Crippen molar-refractivity contribution in [2.45, 2.75) is 33.3 Å². The molecule has 7 heteroatoms. The fraction of sp³-hybridized carbons (Fsp3) is 0.273. The number of rotatable bonds is 4. The number of halogens is 2. The van der Waals surface area contributed by atoms with Gasteiger partial charge in [0.15, 0.2) is 12.4 Å². The molecule has 2 aromatic carbocycles. The van der Waals surface area contributed by atoms with Gasteiger partial charge in [0.05, 0.1) is 10.6 Å². The molecule has 0 atom stereocenters. The predicted molar refractivity (Wildman–Crippen MR) is 107 cm³/mol. The van der Waals surface area contributed by atoms with E-state index in [2.05, 4.69) is 0 Å². The summed E-state index contributed by atoms with van der Waals surface area (Å²) in [6, 6.07) is 7.37. The Bertz CT molecular complexity index is 1000. The summed E-state index contributed by atoms with van der Waals surface area (Å²) in [5, 5.41) is 0.169. The minimum atomic E-state index is -0.614. The first-order valence-corrected chi connectivity index (χ1v) is 9.31. The molecular weight excluding hydrogens is 399 g/mol. The highest BCUT2D eigenvalue weighted by Crippen LogP contribution is 2.39. The van der Waals surface area contributed by atoms with Crippen molar-refractivity contribution in [3.63, 3.8) is 0 Å². The van der Waals surface area contributed by atoms with Crippen LogP contribution < -0.4 is 9.47 Å². The lowest BCUT2D eigenvalue weighted by molar-refractivity contribution is -0.157. The molecule has 29 heavy (non-hydrogen) atoms. The highest BCUT2D eigenvalue weighted by Gasteiger charge is 2.31. The lowest BCUT2D eigenvalue weighted by atomic mass is 10.1. The number of carbonyl (C=O) groups excluding carboxylic acids is 2. The number of ether oxygens (including phenoxy) is 3. The van der Waals surface area contributed by atoms with Crippen molar-refractivity contribution in [2.75, 3.05) is 6.61 Å². The van der Waals surface area contributed by atoms with Gasteiger partial charge in [0.25, 0.3) is 0 Å². The first-order chi connectivity index (χ1) is 13.6. The zero-order valence-electron chi connectivity index (χ0n) is 16.5. The number of ketones is 1. The van der Waals surface area contributed by atoms with Crippen LogP contribution in [0.2, 0.25) is 5.02 Å². The minimum absolute atomic E-state index is 0.0422. The summed E-state index contributed by atoms with van der Waals surface area (Å²) in [6.45, 7) is 6.72. The molecule has 0 saturated heterocycles. The molecule has 1 aliphatic rings. The number of allylic oxidation sites excluding steroid dienone is 1.